The summed E-state index contributed by atoms with van der Waals surface area (Å²) in [4.78, 5) is 34.6. The molecule has 0 aliphatic carbocycles. The van der Waals surface area contributed by atoms with E-state index in [-0.39, 0.29) is 41.3 Å². The monoisotopic (exact) mass is 392 g/mol. The molecule has 142 valence electrons. The third kappa shape index (κ3) is 5.18. The summed E-state index contributed by atoms with van der Waals surface area (Å²) >= 11 is 5.79. The summed E-state index contributed by atoms with van der Waals surface area (Å²) in [5.41, 5.74) is 0.470. The third-order valence-corrected chi connectivity index (χ3v) is 4.01. The number of methoxy groups -OCH3 is 2. The molecular formula is C18H17ClN2O6. The van der Waals surface area contributed by atoms with E-state index in [4.69, 9.17) is 16.3 Å². The van der Waals surface area contributed by atoms with Crippen LogP contribution >= 0.6 is 11.6 Å². The van der Waals surface area contributed by atoms with Gasteiger partial charge in [0.2, 0.25) is 5.91 Å². The number of benzene rings is 2. The predicted octanol–water partition coefficient (Wildman–Crippen LogP) is 3.61. The van der Waals surface area contributed by atoms with Crippen molar-refractivity contribution < 1.29 is 24.0 Å². The lowest BCUT2D eigenvalue weighted by atomic mass is 10.0. The van der Waals surface area contributed by atoms with Crippen molar-refractivity contribution in [2.75, 3.05) is 19.5 Å². The largest absolute Gasteiger partial charge is 0.496 e. The Morgan fingerprint density at radius 3 is 2.41 bits per heavy atom. The maximum absolute atomic E-state index is 12.1. The van der Waals surface area contributed by atoms with Crippen LogP contribution in [0.5, 0.6) is 5.75 Å². The maximum atomic E-state index is 12.1. The van der Waals surface area contributed by atoms with E-state index in [0.29, 0.717) is 10.7 Å². The molecule has 0 aliphatic rings. The molecule has 0 saturated heterocycles. The molecular weight excluding hydrogens is 376 g/mol. The van der Waals surface area contributed by atoms with Gasteiger partial charge in [0.15, 0.2) is 0 Å². The van der Waals surface area contributed by atoms with Gasteiger partial charge < -0.3 is 14.8 Å². The molecule has 1 N–H and O–H groups in total. The molecule has 0 radical (unpaired) electrons. The van der Waals surface area contributed by atoms with E-state index >= 15 is 0 Å². The Balaban J connectivity index is 2.21. The standard InChI is InChI=1S/C18H17ClN2O6/c1-26-16-10-11(18(23)27-2)9-15(21(24)25)14(16)7-8-17(22)20-13-5-3-12(19)4-6-13/h3-6,9-10H,7-8H2,1-2H3,(H,20,22). The van der Waals surface area contributed by atoms with Crippen LogP contribution in [-0.4, -0.2) is 31.0 Å². The first-order chi connectivity index (χ1) is 12.8. The number of nitrogens with zero attached hydrogens (tertiary/aromatic N) is 1. The Morgan fingerprint density at radius 2 is 1.85 bits per heavy atom. The molecule has 0 heterocycles. The molecule has 0 unspecified atom stereocenters. The smallest absolute Gasteiger partial charge is 0.338 e. The molecule has 2 aromatic rings. The lowest BCUT2D eigenvalue weighted by Gasteiger charge is -2.11. The van der Waals surface area contributed by atoms with Gasteiger partial charge in [-0.25, -0.2) is 4.79 Å². The van der Waals surface area contributed by atoms with E-state index in [1.54, 1.807) is 24.3 Å². The number of ether oxygens (including phenoxy) is 2. The van der Waals surface area contributed by atoms with E-state index in [9.17, 15) is 19.7 Å². The zero-order valence-corrected chi connectivity index (χ0v) is 15.4. The maximum Gasteiger partial charge on any atom is 0.338 e. The fourth-order valence-electron chi connectivity index (χ4n) is 2.46. The van der Waals surface area contributed by atoms with Gasteiger partial charge in [0, 0.05) is 23.2 Å². The number of halogens is 1. The molecule has 0 bridgehead atoms. The Morgan fingerprint density at radius 1 is 1.19 bits per heavy atom. The summed E-state index contributed by atoms with van der Waals surface area (Å²) in [6.45, 7) is 0. The van der Waals surface area contributed by atoms with E-state index in [1.165, 1.54) is 20.3 Å². The number of rotatable bonds is 7. The second-order valence-electron chi connectivity index (χ2n) is 5.48. The van der Waals surface area contributed by atoms with Gasteiger partial charge in [0.25, 0.3) is 5.69 Å². The molecule has 0 aliphatic heterocycles. The number of anilines is 1. The molecule has 1 amide bonds. The Kier molecular flexibility index (Phi) is 6.73. The Labute approximate surface area is 160 Å². The number of nitro benzene ring substituents is 1. The molecule has 27 heavy (non-hydrogen) atoms. The van der Waals surface area contributed by atoms with Crippen molar-refractivity contribution >= 4 is 34.9 Å². The fraction of sp³-hybridized carbons (Fsp3) is 0.222. The van der Waals surface area contributed by atoms with Crippen LogP contribution in [0.2, 0.25) is 5.02 Å². The first kappa shape index (κ1) is 20.2. The Bertz CT molecular complexity index is 867. The average molecular weight is 393 g/mol. The van der Waals surface area contributed by atoms with Gasteiger partial charge in [-0.2, -0.15) is 0 Å². The van der Waals surface area contributed by atoms with Gasteiger partial charge in [0.1, 0.15) is 5.75 Å². The highest BCUT2D eigenvalue weighted by molar-refractivity contribution is 6.30. The topological polar surface area (TPSA) is 108 Å². The predicted molar refractivity (Wildman–Crippen MR) is 99.4 cm³/mol. The van der Waals surface area contributed by atoms with Crippen LogP contribution in [0.1, 0.15) is 22.3 Å². The van der Waals surface area contributed by atoms with Gasteiger partial charge in [0.05, 0.1) is 30.3 Å². The molecule has 9 heteroatoms. The highest BCUT2D eigenvalue weighted by Gasteiger charge is 2.23. The molecule has 0 fully saturated rings. The lowest BCUT2D eigenvalue weighted by molar-refractivity contribution is -0.385. The van der Waals surface area contributed by atoms with Crippen molar-refractivity contribution in [3.63, 3.8) is 0 Å². The van der Waals surface area contributed by atoms with Crippen LogP contribution in [0.3, 0.4) is 0 Å². The summed E-state index contributed by atoms with van der Waals surface area (Å²) in [7, 11) is 2.51. The third-order valence-electron chi connectivity index (χ3n) is 3.75. The van der Waals surface area contributed by atoms with Crippen molar-refractivity contribution in [1.29, 1.82) is 0 Å². The Hall–Kier alpha value is -3.13. The van der Waals surface area contributed by atoms with Gasteiger partial charge in [-0.3, -0.25) is 14.9 Å². The number of hydrogen-bond donors (Lipinski definition) is 1. The molecule has 8 nitrogen and oxygen atoms in total. The quantitative estimate of drug-likeness (QED) is 0.438. The van der Waals surface area contributed by atoms with Crippen LogP contribution in [0, 0.1) is 10.1 Å². The second-order valence-corrected chi connectivity index (χ2v) is 5.92. The van der Waals surface area contributed by atoms with Crippen molar-refractivity contribution in [2.24, 2.45) is 0 Å². The average Bonchev–Trinajstić information content (AvgIpc) is 2.66. The molecule has 0 atom stereocenters. The van der Waals surface area contributed by atoms with Crippen molar-refractivity contribution in [2.45, 2.75) is 12.8 Å². The minimum atomic E-state index is -0.719. The number of amides is 1. The number of nitro groups is 1. The highest BCUT2D eigenvalue weighted by Crippen LogP contribution is 2.32. The van der Waals surface area contributed by atoms with Crippen LogP contribution in [0.25, 0.3) is 0 Å². The minimum absolute atomic E-state index is 0.00424. The van der Waals surface area contributed by atoms with E-state index in [1.807, 2.05) is 0 Å². The first-order valence-electron chi connectivity index (χ1n) is 7.84. The van der Waals surface area contributed by atoms with Crippen LogP contribution < -0.4 is 10.1 Å². The highest BCUT2D eigenvalue weighted by atomic mass is 35.5. The SMILES string of the molecule is COC(=O)c1cc(OC)c(CCC(=O)Nc2ccc(Cl)cc2)c([N+](=O)[O-])c1. The van der Waals surface area contributed by atoms with E-state index in [0.717, 1.165) is 6.07 Å². The minimum Gasteiger partial charge on any atom is -0.496 e. The van der Waals surface area contributed by atoms with Crippen molar-refractivity contribution in [1.82, 2.24) is 0 Å². The van der Waals surface area contributed by atoms with Gasteiger partial charge in [-0.1, -0.05) is 11.6 Å². The second kappa shape index (κ2) is 9.00. The normalized spacial score (nSPS) is 10.2. The van der Waals surface area contributed by atoms with Crippen LogP contribution in [0.15, 0.2) is 36.4 Å². The first-order valence-corrected chi connectivity index (χ1v) is 8.22. The molecule has 0 spiro atoms. The molecule has 0 aromatic heterocycles. The van der Waals surface area contributed by atoms with Crippen molar-refractivity contribution in [3.8, 4) is 5.75 Å². The summed E-state index contributed by atoms with van der Waals surface area (Å²) in [5, 5.41) is 14.6. The number of carbonyl (C=O) groups is 2. The number of esters is 1. The zero-order chi connectivity index (χ0) is 20.0. The summed E-state index contributed by atoms with van der Waals surface area (Å²) in [5.74, 6) is -0.905. The molecule has 0 saturated carbocycles. The van der Waals surface area contributed by atoms with E-state index in [2.05, 4.69) is 10.1 Å². The van der Waals surface area contributed by atoms with Crippen molar-refractivity contribution in [3.05, 3.63) is 62.7 Å². The van der Waals surface area contributed by atoms with Gasteiger partial charge >= 0.3 is 5.97 Å². The summed E-state index contributed by atoms with van der Waals surface area (Å²) < 4.78 is 9.77. The number of carbonyl (C=O) groups excluding carboxylic acids is 2. The van der Waals surface area contributed by atoms with Gasteiger partial charge in [-0.15, -0.1) is 0 Å². The zero-order valence-electron chi connectivity index (χ0n) is 14.7. The number of hydrogen-bond acceptors (Lipinski definition) is 6. The molecule has 2 aromatic carbocycles. The lowest BCUT2D eigenvalue weighted by Crippen LogP contribution is -2.13. The van der Waals surface area contributed by atoms with E-state index < -0.39 is 10.9 Å². The number of nitrogens with one attached hydrogen (secondary N) is 1. The summed E-state index contributed by atoms with van der Waals surface area (Å²) in [6.07, 6.45) is 0.0394. The molecule has 2 rings (SSSR count). The summed E-state index contributed by atoms with van der Waals surface area (Å²) in [6, 6.07) is 9.03. The van der Waals surface area contributed by atoms with Crippen LogP contribution in [-0.2, 0) is 16.0 Å². The van der Waals surface area contributed by atoms with Crippen LogP contribution in [0.4, 0.5) is 11.4 Å². The van der Waals surface area contributed by atoms with Gasteiger partial charge in [-0.05, 0) is 36.8 Å². The fourth-order valence-corrected chi connectivity index (χ4v) is 2.58.